The molecule has 0 radical (unpaired) electrons. The van der Waals surface area contributed by atoms with Gasteiger partial charge in [0, 0.05) is 35.8 Å². The number of benzene rings is 3. The second-order valence-electron chi connectivity index (χ2n) is 8.33. The van der Waals surface area contributed by atoms with Crippen molar-refractivity contribution < 1.29 is 23.8 Å². The molecule has 1 aliphatic heterocycles. The summed E-state index contributed by atoms with van der Waals surface area (Å²) in [5.41, 5.74) is 3.55. The third-order valence-corrected chi connectivity index (χ3v) is 6.41. The number of hydrogen-bond acceptors (Lipinski definition) is 5. The minimum atomic E-state index is -0.953. The van der Waals surface area contributed by atoms with Gasteiger partial charge in [0.2, 0.25) is 5.78 Å². The van der Waals surface area contributed by atoms with Crippen LogP contribution in [0.2, 0.25) is 0 Å². The number of methoxy groups -OCH3 is 1. The second kappa shape index (κ2) is 8.96. The van der Waals surface area contributed by atoms with Crippen LogP contribution in [0.5, 0.6) is 17.2 Å². The highest BCUT2D eigenvalue weighted by Crippen LogP contribution is 2.39. The van der Waals surface area contributed by atoms with Gasteiger partial charge in [0.25, 0.3) is 0 Å². The number of halogens is 1. The molecule has 0 saturated carbocycles. The molecule has 35 heavy (non-hydrogen) atoms. The van der Waals surface area contributed by atoms with E-state index < -0.39 is 11.3 Å². The van der Waals surface area contributed by atoms with Crippen molar-refractivity contribution in [2.75, 3.05) is 7.11 Å². The number of fused-ring (bicyclic) bond motifs is 2. The number of rotatable bonds is 5. The number of allylic oxidation sites excluding steroid dienone is 1. The molecule has 0 aliphatic carbocycles. The molecule has 1 aromatic heterocycles. The van der Waals surface area contributed by atoms with Crippen LogP contribution in [0.3, 0.4) is 0 Å². The molecule has 1 aliphatic rings. The van der Waals surface area contributed by atoms with Gasteiger partial charge < -0.3 is 18.8 Å². The number of nitrogens with zero attached hydrogens (tertiary/aromatic N) is 1. The molecule has 0 N–H and O–H groups in total. The van der Waals surface area contributed by atoms with Gasteiger partial charge in [-0.25, -0.2) is 4.79 Å². The molecule has 0 amide bonds. The van der Waals surface area contributed by atoms with Crippen LogP contribution in [0.15, 0.2) is 72.6 Å². The summed E-state index contributed by atoms with van der Waals surface area (Å²) in [4.78, 5) is 25.7. The zero-order chi connectivity index (χ0) is 24.7. The Morgan fingerprint density at radius 3 is 2.60 bits per heavy atom. The van der Waals surface area contributed by atoms with E-state index in [0.717, 1.165) is 22.2 Å². The van der Waals surface area contributed by atoms with E-state index in [-0.39, 0.29) is 17.3 Å². The van der Waals surface area contributed by atoms with E-state index in [1.807, 2.05) is 42.1 Å². The summed E-state index contributed by atoms with van der Waals surface area (Å²) in [5.74, 6) is 0.684. The molecule has 0 bridgehead atoms. The lowest BCUT2D eigenvalue weighted by molar-refractivity contribution is -0.134. The number of aryl methyl sites for hydroxylation is 2. The molecular weight excluding hydrogens is 466 g/mol. The van der Waals surface area contributed by atoms with Gasteiger partial charge in [-0.05, 0) is 48.4 Å². The lowest BCUT2D eigenvalue weighted by Gasteiger charge is -2.11. The number of ketones is 1. The average Bonchev–Trinajstić information content (AvgIpc) is 3.34. The molecule has 2 heterocycles. The first-order chi connectivity index (χ1) is 16.9. The van der Waals surface area contributed by atoms with Gasteiger partial charge in [-0.3, -0.25) is 4.79 Å². The Bertz CT molecular complexity index is 1500. The summed E-state index contributed by atoms with van der Waals surface area (Å²) in [6.45, 7) is 1.78. The minimum absolute atomic E-state index is 0.196. The molecular formula is C28H22ClNO5. The van der Waals surface area contributed by atoms with Crippen molar-refractivity contribution in [3.05, 3.63) is 94.9 Å². The molecule has 7 heteroatoms. The zero-order valence-corrected chi connectivity index (χ0v) is 20.1. The van der Waals surface area contributed by atoms with E-state index in [2.05, 4.69) is 0 Å². The Morgan fingerprint density at radius 2 is 1.86 bits per heavy atom. The summed E-state index contributed by atoms with van der Waals surface area (Å²) < 4.78 is 18.8. The van der Waals surface area contributed by atoms with Crippen molar-refractivity contribution in [3.8, 4) is 17.2 Å². The van der Waals surface area contributed by atoms with Gasteiger partial charge in [-0.2, -0.15) is 0 Å². The molecule has 176 valence electrons. The third-order valence-electron chi connectivity index (χ3n) is 5.98. The van der Waals surface area contributed by atoms with E-state index >= 15 is 0 Å². The molecule has 1 atom stereocenters. The van der Waals surface area contributed by atoms with Crippen LogP contribution in [0.25, 0.3) is 17.0 Å². The fraction of sp³-hybridized carbons (Fsp3) is 0.143. The predicted octanol–water partition coefficient (Wildman–Crippen LogP) is 6.00. The van der Waals surface area contributed by atoms with Gasteiger partial charge >= 0.3 is 5.97 Å². The average molecular weight is 488 g/mol. The van der Waals surface area contributed by atoms with Gasteiger partial charge in [-0.1, -0.05) is 30.3 Å². The monoisotopic (exact) mass is 487 g/mol. The van der Waals surface area contributed by atoms with Gasteiger partial charge in [-0.15, -0.1) is 11.6 Å². The topological polar surface area (TPSA) is 66.8 Å². The Labute approximate surface area is 207 Å². The highest BCUT2D eigenvalue weighted by Gasteiger charge is 2.31. The van der Waals surface area contributed by atoms with Crippen molar-refractivity contribution in [1.82, 2.24) is 4.57 Å². The van der Waals surface area contributed by atoms with Crippen molar-refractivity contribution in [1.29, 1.82) is 0 Å². The molecule has 4 aromatic rings. The van der Waals surface area contributed by atoms with Crippen LogP contribution < -0.4 is 14.2 Å². The summed E-state index contributed by atoms with van der Waals surface area (Å²) in [5, 5.41) is -0.0155. The summed E-state index contributed by atoms with van der Waals surface area (Å²) in [6.07, 6.45) is 3.65. The standard InChI is InChI=1S/C28H22ClNO5/c1-16-11-20(34-28(32)26(29)17-7-5-4-6-8-17)14-23-25(16)27(31)24(35-23)12-18-15-30(2)22-10-9-19(33-3)13-21(18)22/h4-15,26H,1-3H3/b24-12-. The highest BCUT2D eigenvalue weighted by atomic mass is 35.5. The molecule has 0 fully saturated rings. The second-order valence-corrected chi connectivity index (χ2v) is 8.76. The highest BCUT2D eigenvalue weighted by molar-refractivity contribution is 6.30. The molecule has 1 unspecified atom stereocenters. The van der Waals surface area contributed by atoms with E-state index in [1.54, 1.807) is 56.5 Å². The van der Waals surface area contributed by atoms with Gasteiger partial charge in [0.05, 0.1) is 12.7 Å². The maximum absolute atomic E-state index is 13.2. The van der Waals surface area contributed by atoms with Crippen LogP contribution in [0.1, 0.15) is 32.4 Å². The number of carbonyl (C=O) groups is 2. The SMILES string of the molecule is COc1ccc2c(c1)c(/C=C1\Oc3cc(OC(=O)C(Cl)c4ccccc4)cc(C)c3C1=O)cn2C. The molecule has 6 nitrogen and oxygen atoms in total. The Kier molecular flexibility index (Phi) is 5.83. The Hall–Kier alpha value is -4.03. The molecule has 0 spiro atoms. The van der Waals surface area contributed by atoms with Crippen molar-refractivity contribution in [2.24, 2.45) is 7.05 Å². The smallest absolute Gasteiger partial charge is 0.334 e. The fourth-order valence-electron chi connectivity index (χ4n) is 4.25. The first kappa shape index (κ1) is 22.7. The van der Waals surface area contributed by atoms with Crippen molar-refractivity contribution in [2.45, 2.75) is 12.3 Å². The van der Waals surface area contributed by atoms with Crippen molar-refractivity contribution in [3.63, 3.8) is 0 Å². The number of alkyl halides is 1. The van der Waals surface area contributed by atoms with Crippen LogP contribution >= 0.6 is 11.6 Å². The number of ether oxygens (including phenoxy) is 3. The first-order valence-electron chi connectivity index (χ1n) is 11.0. The van der Waals surface area contributed by atoms with Crippen LogP contribution in [-0.4, -0.2) is 23.4 Å². The quantitative estimate of drug-likeness (QED) is 0.149. The first-order valence-corrected chi connectivity index (χ1v) is 11.4. The Morgan fingerprint density at radius 1 is 1.09 bits per heavy atom. The zero-order valence-electron chi connectivity index (χ0n) is 19.4. The lowest BCUT2D eigenvalue weighted by Crippen LogP contribution is -2.14. The van der Waals surface area contributed by atoms with E-state index in [1.165, 1.54) is 0 Å². The third kappa shape index (κ3) is 4.17. The van der Waals surface area contributed by atoms with Gasteiger partial charge in [0.15, 0.2) is 11.1 Å². The van der Waals surface area contributed by atoms with Crippen LogP contribution in [0.4, 0.5) is 0 Å². The Balaban J connectivity index is 1.44. The summed E-state index contributed by atoms with van der Waals surface area (Å²) >= 11 is 6.29. The van der Waals surface area contributed by atoms with E-state index in [4.69, 9.17) is 25.8 Å². The minimum Gasteiger partial charge on any atom is -0.497 e. The normalized spacial score (nSPS) is 14.6. The number of hydrogen-bond donors (Lipinski definition) is 0. The molecule has 5 rings (SSSR count). The van der Waals surface area contributed by atoms with E-state index in [0.29, 0.717) is 22.4 Å². The lowest BCUT2D eigenvalue weighted by atomic mass is 10.0. The fourth-order valence-corrected chi connectivity index (χ4v) is 4.44. The number of aromatic nitrogens is 1. The maximum atomic E-state index is 13.2. The summed E-state index contributed by atoms with van der Waals surface area (Å²) in [7, 11) is 3.55. The largest absolute Gasteiger partial charge is 0.497 e. The molecule has 0 saturated heterocycles. The number of esters is 1. The molecule has 3 aromatic carbocycles. The summed E-state index contributed by atoms with van der Waals surface area (Å²) in [6, 6.07) is 17.9. The van der Waals surface area contributed by atoms with E-state index in [9.17, 15) is 9.59 Å². The predicted molar refractivity (Wildman–Crippen MR) is 134 cm³/mol. The van der Waals surface area contributed by atoms with Crippen molar-refractivity contribution >= 4 is 40.3 Å². The van der Waals surface area contributed by atoms with Crippen LogP contribution in [0, 0.1) is 6.92 Å². The van der Waals surface area contributed by atoms with Crippen LogP contribution in [-0.2, 0) is 11.8 Å². The maximum Gasteiger partial charge on any atom is 0.334 e. The number of Topliss-reactive ketones (excluding diaryl/α,β-unsaturated/α-hetero) is 1. The number of carbonyl (C=O) groups excluding carboxylic acids is 2. The van der Waals surface area contributed by atoms with Gasteiger partial charge in [0.1, 0.15) is 17.2 Å².